The molecule has 0 aliphatic rings. The van der Waals surface area contributed by atoms with E-state index in [2.05, 4.69) is 0 Å². The molecule has 0 spiro atoms. The minimum atomic E-state index is -2.02. The van der Waals surface area contributed by atoms with Crippen molar-refractivity contribution < 1.29 is 19.2 Å². The van der Waals surface area contributed by atoms with Gasteiger partial charge in [-0.15, -0.1) is 0 Å². The number of ketones is 4. The van der Waals surface area contributed by atoms with Gasteiger partial charge in [0.1, 0.15) is 0 Å². The Morgan fingerprint density at radius 3 is 0.857 bits per heavy atom. The zero-order valence-electron chi connectivity index (χ0n) is 13.8. The second kappa shape index (κ2) is 9.59. The van der Waals surface area contributed by atoms with E-state index in [9.17, 15) is 19.2 Å². The van der Waals surface area contributed by atoms with Crippen LogP contribution in [0.5, 0.6) is 0 Å². The number of Topliss-reactive ketones (excluding diaryl/α,β-unsaturated/α-hetero) is 4. The Balaban J connectivity index is 5.93. The fraction of sp³-hybridized carbons (Fsp3) is 0.765. The molecule has 21 heavy (non-hydrogen) atoms. The minimum absolute atomic E-state index is 0.0976. The third-order valence-corrected chi connectivity index (χ3v) is 3.58. The molecular weight excluding hydrogens is 268 g/mol. The van der Waals surface area contributed by atoms with E-state index in [1.807, 2.05) is 27.7 Å². The summed E-state index contributed by atoms with van der Waals surface area (Å²) in [6, 6.07) is 0. The minimum Gasteiger partial charge on any atom is -0.298 e. The number of rotatable bonds is 12. The smallest absolute Gasteiger partial charge is 0.203 e. The van der Waals surface area contributed by atoms with Crippen molar-refractivity contribution in [3.63, 3.8) is 0 Å². The number of carbonyl (C=O) groups is 4. The quantitative estimate of drug-likeness (QED) is 0.517. The monoisotopic (exact) mass is 296 g/mol. The third-order valence-electron chi connectivity index (χ3n) is 3.58. The van der Waals surface area contributed by atoms with E-state index in [1.54, 1.807) is 0 Å². The predicted molar refractivity (Wildman–Crippen MR) is 82.1 cm³/mol. The molecule has 0 bridgehead atoms. The van der Waals surface area contributed by atoms with Gasteiger partial charge >= 0.3 is 0 Å². The number of hydrogen-bond acceptors (Lipinski definition) is 4. The van der Waals surface area contributed by atoms with Crippen LogP contribution in [0.2, 0.25) is 0 Å². The Bertz CT molecular complexity index is 318. The van der Waals surface area contributed by atoms with Gasteiger partial charge in [-0.2, -0.15) is 0 Å². The van der Waals surface area contributed by atoms with Gasteiger partial charge in [-0.25, -0.2) is 0 Å². The fourth-order valence-corrected chi connectivity index (χ4v) is 2.59. The normalized spacial score (nSPS) is 11.2. The van der Waals surface area contributed by atoms with Gasteiger partial charge in [0, 0.05) is 25.7 Å². The molecule has 0 fully saturated rings. The highest BCUT2D eigenvalue weighted by Gasteiger charge is 2.54. The Hall–Kier alpha value is -1.32. The van der Waals surface area contributed by atoms with E-state index in [1.165, 1.54) is 0 Å². The summed E-state index contributed by atoms with van der Waals surface area (Å²) in [6.45, 7) is 7.23. The molecule has 0 aromatic heterocycles. The first-order valence-corrected chi connectivity index (χ1v) is 8.06. The Kier molecular flexibility index (Phi) is 8.98. The van der Waals surface area contributed by atoms with E-state index in [-0.39, 0.29) is 25.7 Å². The maximum atomic E-state index is 12.6. The summed E-state index contributed by atoms with van der Waals surface area (Å²) in [5, 5.41) is 0. The van der Waals surface area contributed by atoms with Crippen molar-refractivity contribution in [3.05, 3.63) is 0 Å². The van der Waals surface area contributed by atoms with E-state index in [4.69, 9.17) is 0 Å². The molecule has 120 valence electrons. The first kappa shape index (κ1) is 19.7. The van der Waals surface area contributed by atoms with Crippen LogP contribution in [-0.2, 0) is 19.2 Å². The summed E-state index contributed by atoms with van der Waals surface area (Å²) < 4.78 is 0. The van der Waals surface area contributed by atoms with Crippen LogP contribution in [0.3, 0.4) is 0 Å². The molecule has 0 amide bonds. The molecule has 0 saturated carbocycles. The van der Waals surface area contributed by atoms with Crippen LogP contribution in [0.4, 0.5) is 0 Å². The summed E-state index contributed by atoms with van der Waals surface area (Å²) in [5.74, 6) is -2.00. The van der Waals surface area contributed by atoms with E-state index < -0.39 is 28.5 Å². The molecule has 0 aliphatic carbocycles. The Morgan fingerprint density at radius 2 is 0.714 bits per heavy atom. The topological polar surface area (TPSA) is 68.3 Å². The van der Waals surface area contributed by atoms with Crippen molar-refractivity contribution in [2.75, 3.05) is 0 Å². The van der Waals surface area contributed by atoms with Crippen LogP contribution >= 0.6 is 0 Å². The lowest BCUT2D eigenvalue weighted by atomic mass is 9.67. The van der Waals surface area contributed by atoms with Gasteiger partial charge in [-0.3, -0.25) is 19.2 Å². The molecule has 0 unspecified atom stereocenters. The van der Waals surface area contributed by atoms with Crippen molar-refractivity contribution in [3.8, 4) is 0 Å². The van der Waals surface area contributed by atoms with Crippen LogP contribution in [0.25, 0.3) is 0 Å². The van der Waals surface area contributed by atoms with Crippen molar-refractivity contribution in [1.29, 1.82) is 0 Å². The lowest BCUT2D eigenvalue weighted by Gasteiger charge is -2.28. The Morgan fingerprint density at radius 1 is 0.524 bits per heavy atom. The summed E-state index contributed by atoms with van der Waals surface area (Å²) in [4.78, 5) is 50.2. The average Bonchev–Trinajstić information content (AvgIpc) is 2.40. The zero-order chi connectivity index (χ0) is 16.5. The standard InChI is InChI=1S/C17H28O4/c1-5-9-13(18)17(14(19)10-6-2,15(20)11-7-3)16(21)12-8-4/h5-12H2,1-4H3. The molecule has 0 heterocycles. The molecule has 4 nitrogen and oxygen atoms in total. The van der Waals surface area contributed by atoms with Crippen molar-refractivity contribution >= 4 is 23.1 Å². The molecule has 0 atom stereocenters. The van der Waals surface area contributed by atoms with Crippen LogP contribution in [0.15, 0.2) is 0 Å². The van der Waals surface area contributed by atoms with Crippen LogP contribution in [0, 0.1) is 5.41 Å². The molecule has 0 radical (unpaired) electrons. The number of hydrogen-bond donors (Lipinski definition) is 0. The molecular formula is C17H28O4. The molecule has 0 aromatic rings. The van der Waals surface area contributed by atoms with Gasteiger partial charge in [0.2, 0.25) is 5.41 Å². The molecule has 0 N–H and O–H groups in total. The SMILES string of the molecule is CCCC(=O)C(C(=O)CCC)(C(=O)CCC)C(=O)CCC. The largest absolute Gasteiger partial charge is 0.298 e. The van der Waals surface area contributed by atoms with E-state index in [0.29, 0.717) is 25.7 Å². The lowest BCUT2D eigenvalue weighted by molar-refractivity contribution is -0.155. The van der Waals surface area contributed by atoms with Gasteiger partial charge < -0.3 is 0 Å². The van der Waals surface area contributed by atoms with Gasteiger partial charge in [0.05, 0.1) is 0 Å². The van der Waals surface area contributed by atoms with Gasteiger partial charge in [0.15, 0.2) is 23.1 Å². The van der Waals surface area contributed by atoms with Crippen molar-refractivity contribution in [2.24, 2.45) is 5.41 Å². The molecule has 0 rings (SSSR count). The van der Waals surface area contributed by atoms with Crippen LogP contribution < -0.4 is 0 Å². The summed E-state index contributed by atoms with van der Waals surface area (Å²) in [5.41, 5.74) is -2.02. The molecule has 0 aliphatic heterocycles. The summed E-state index contributed by atoms with van der Waals surface area (Å²) in [6.07, 6.45) is 2.50. The van der Waals surface area contributed by atoms with Gasteiger partial charge in [0.25, 0.3) is 0 Å². The maximum absolute atomic E-state index is 12.6. The first-order chi connectivity index (χ1) is 9.93. The van der Waals surface area contributed by atoms with Gasteiger partial charge in [-0.1, -0.05) is 27.7 Å². The lowest BCUT2D eigenvalue weighted by Crippen LogP contribution is -2.52. The summed E-state index contributed by atoms with van der Waals surface area (Å²) in [7, 11) is 0. The average molecular weight is 296 g/mol. The highest BCUT2D eigenvalue weighted by molar-refractivity contribution is 6.38. The van der Waals surface area contributed by atoms with Gasteiger partial charge in [-0.05, 0) is 25.7 Å². The van der Waals surface area contributed by atoms with Crippen LogP contribution in [-0.4, -0.2) is 23.1 Å². The zero-order valence-corrected chi connectivity index (χ0v) is 13.8. The fourth-order valence-electron chi connectivity index (χ4n) is 2.59. The van der Waals surface area contributed by atoms with Crippen LogP contribution in [0.1, 0.15) is 79.1 Å². The first-order valence-electron chi connectivity index (χ1n) is 8.06. The predicted octanol–water partition coefficient (Wildman–Crippen LogP) is 3.45. The third kappa shape index (κ3) is 4.32. The number of carbonyl (C=O) groups excluding carboxylic acids is 4. The highest BCUT2D eigenvalue weighted by Crippen LogP contribution is 2.31. The molecule has 0 saturated heterocycles. The second-order valence-electron chi connectivity index (χ2n) is 5.44. The van der Waals surface area contributed by atoms with Crippen molar-refractivity contribution in [2.45, 2.75) is 79.1 Å². The summed E-state index contributed by atoms with van der Waals surface area (Å²) >= 11 is 0. The van der Waals surface area contributed by atoms with E-state index in [0.717, 1.165) is 0 Å². The highest BCUT2D eigenvalue weighted by atomic mass is 16.2. The Labute approximate surface area is 127 Å². The van der Waals surface area contributed by atoms with E-state index >= 15 is 0 Å². The van der Waals surface area contributed by atoms with Crippen molar-refractivity contribution in [1.82, 2.24) is 0 Å². The molecule has 4 heteroatoms. The second-order valence-corrected chi connectivity index (χ2v) is 5.44. The maximum Gasteiger partial charge on any atom is 0.203 e. The molecule has 0 aromatic carbocycles.